The Hall–Kier alpha value is -2.37. The number of thiazole rings is 1. The maximum Gasteiger partial charge on any atom is 0.441 e. The maximum atomic E-state index is 11.9. The molecule has 6 heteroatoms. The lowest BCUT2D eigenvalue weighted by Crippen LogP contribution is -2.16. The van der Waals surface area contributed by atoms with Gasteiger partial charge in [-0.05, 0) is 29.8 Å². The Labute approximate surface area is 142 Å². The van der Waals surface area contributed by atoms with E-state index in [9.17, 15) is 4.79 Å². The Morgan fingerprint density at radius 3 is 2.52 bits per heavy atom. The van der Waals surface area contributed by atoms with Gasteiger partial charge >= 0.3 is 6.09 Å². The number of carbonyl (C=O) groups is 1. The Morgan fingerprint density at radius 2 is 1.83 bits per heavy atom. The third-order valence-electron chi connectivity index (χ3n) is 3.20. The average molecular weight is 345 g/mol. The van der Waals surface area contributed by atoms with Crippen molar-refractivity contribution < 1.29 is 9.53 Å². The number of nitrogens with zero attached hydrogens (tertiary/aromatic N) is 2. The van der Waals surface area contributed by atoms with E-state index in [2.05, 4.69) is 4.99 Å². The first-order chi connectivity index (χ1) is 11.1. The summed E-state index contributed by atoms with van der Waals surface area (Å²) in [4.78, 5) is 16.5. The molecule has 116 valence electrons. The van der Waals surface area contributed by atoms with Crippen molar-refractivity contribution in [3.05, 3.63) is 69.8 Å². The minimum absolute atomic E-state index is 0.471. The molecule has 0 aliphatic rings. The molecule has 0 fully saturated rings. The fourth-order valence-corrected chi connectivity index (χ4v) is 3.06. The molecule has 1 aromatic heterocycles. The SMILES string of the molecule is Cn1c(-c2ccc(Cl)cc2)csc1=NC(=O)Oc1ccccc1. The summed E-state index contributed by atoms with van der Waals surface area (Å²) in [5.41, 5.74) is 1.96. The summed E-state index contributed by atoms with van der Waals surface area (Å²) in [6, 6.07) is 16.4. The molecule has 0 radical (unpaired) electrons. The van der Waals surface area contributed by atoms with Gasteiger partial charge in [-0.3, -0.25) is 0 Å². The predicted octanol–water partition coefficient (Wildman–Crippen LogP) is 4.51. The first-order valence-corrected chi connectivity index (χ1v) is 8.11. The summed E-state index contributed by atoms with van der Waals surface area (Å²) in [6.45, 7) is 0. The molecule has 2 aromatic carbocycles. The maximum absolute atomic E-state index is 11.9. The van der Waals surface area contributed by atoms with Crippen LogP contribution in [0.3, 0.4) is 0 Å². The third-order valence-corrected chi connectivity index (χ3v) is 4.37. The van der Waals surface area contributed by atoms with Crippen molar-refractivity contribution in [2.24, 2.45) is 12.0 Å². The van der Waals surface area contributed by atoms with Crippen molar-refractivity contribution >= 4 is 29.0 Å². The zero-order valence-corrected chi connectivity index (χ0v) is 13.8. The Balaban J connectivity index is 1.86. The van der Waals surface area contributed by atoms with Crippen molar-refractivity contribution in [1.29, 1.82) is 0 Å². The van der Waals surface area contributed by atoms with Crippen LogP contribution in [0.1, 0.15) is 0 Å². The second-order valence-electron chi connectivity index (χ2n) is 4.76. The first-order valence-electron chi connectivity index (χ1n) is 6.85. The molecule has 0 aliphatic heterocycles. The van der Waals surface area contributed by atoms with E-state index in [1.165, 1.54) is 11.3 Å². The highest BCUT2D eigenvalue weighted by Crippen LogP contribution is 2.21. The Kier molecular flexibility index (Phi) is 4.60. The topological polar surface area (TPSA) is 43.6 Å². The quantitative estimate of drug-likeness (QED) is 0.686. The molecule has 1 heterocycles. The standard InChI is InChI=1S/C17H13ClN2O2S/c1-20-15(12-7-9-13(18)10-8-12)11-23-16(20)19-17(21)22-14-5-3-2-4-6-14/h2-11H,1H3. The molecule has 0 unspecified atom stereocenters. The molecule has 0 saturated carbocycles. The van der Waals surface area contributed by atoms with Crippen LogP contribution in [-0.4, -0.2) is 10.7 Å². The summed E-state index contributed by atoms with van der Waals surface area (Å²) < 4.78 is 7.02. The Bertz CT molecular complexity index is 883. The summed E-state index contributed by atoms with van der Waals surface area (Å²) in [5, 5.41) is 2.63. The average Bonchev–Trinajstić information content (AvgIpc) is 2.90. The van der Waals surface area contributed by atoms with Gasteiger partial charge in [0.05, 0.1) is 5.69 Å². The molecule has 0 saturated heterocycles. The van der Waals surface area contributed by atoms with E-state index >= 15 is 0 Å². The second kappa shape index (κ2) is 6.81. The zero-order chi connectivity index (χ0) is 16.2. The van der Waals surface area contributed by atoms with Gasteiger partial charge in [-0.2, -0.15) is 0 Å². The van der Waals surface area contributed by atoms with E-state index in [1.807, 2.05) is 47.3 Å². The van der Waals surface area contributed by atoms with Crippen LogP contribution in [0.25, 0.3) is 11.3 Å². The molecule has 0 spiro atoms. The van der Waals surface area contributed by atoms with Crippen LogP contribution in [0.5, 0.6) is 5.75 Å². The number of halogens is 1. The molecule has 3 aromatic rings. The minimum Gasteiger partial charge on any atom is -0.409 e. The van der Waals surface area contributed by atoms with E-state index in [1.54, 1.807) is 24.3 Å². The van der Waals surface area contributed by atoms with Crippen molar-refractivity contribution in [2.75, 3.05) is 0 Å². The number of para-hydroxylation sites is 1. The van der Waals surface area contributed by atoms with E-state index in [0.717, 1.165) is 11.3 Å². The van der Waals surface area contributed by atoms with E-state index in [4.69, 9.17) is 16.3 Å². The van der Waals surface area contributed by atoms with Gasteiger partial charge in [-0.15, -0.1) is 16.3 Å². The van der Waals surface area contributed by atoms with Gasteiger partial charge < -0.3 is 9.30 Å². The van der Waals surface area contributed by atoms with Crippen LogP contribution < -0.4 is 9.54 Å². The summed E-state index contributed by atoms with van der Waals surface area (Å²) >= 11 is 7.28. The Morgan fingerprint density at radius 1 is 1.13 bits per heavy atom. The van der Waals surface area contributed by atoms with Crippen LogP contribution in [0.2, 0.25) is 5.02 Å². The van der Waals surface area contributed by atoms with Gasteiger partial charge in [0.1, 0.15) is 5.75 Å². The highest BCUT2D eigenvalue weighted by molar-refractivity contribution is 7.07. The highest BCUT2D eigenvalue weighted by atomic mass is 35.5. The van der Waals surface area contributed by atoms with Gasteiger partial charge in [0.2, 0.25) is 0 Å². The number of rotatable bonds is 2. The van der Waals surface area contributed by atoms with E-state index in [-0.39, 0.29) is 0 Å². The number of hydrogen-bond acceptors (Lipinski definition) is 3. The van der Waals surface area contributed by atoms with Crippen molar-refractivity contribution in [3.8, 4) is 17.0 Å². The fourth-order valence-electron chi connectivity index (χ4n) is 2.04. The predicted molar refractivity (Wildman–Crippen MR) is 91.8 cm³/mol. The number of benzene rings is 2. The molecule has 0 atom stereocenters. The van der Waals surface area contributed by atoms with Gasteiger partial charge in [-0.1, -0.05) is 41.9 Å². The third kappa shape index (κ3) is 3.70. The van der Waals surface area contributed by atoms with Crippen LogP contribution >= 0.6 is 22.9 Å². The number of hydrogen-bond donors (Lipinski definition) is 0. The van der Waals surface area contributed by atoms with Crippen molar-refractivity contribution in [2.45, 2.75) is 0 Å². The highest BCUT2D eigenvalue weighted by Gasteiger charge is 2.07. The van der Waals surface area contributed by atoms with Crippen LogP contribution in [0, 0.1) is 0 Å². The van der Waals surface area contributed by atoms with Gasteiger partial charge in [0, 0.05) is 17.5 Å². The van der Waals surface area contributed by atoms with Crippen LogP contribution in [0.15, 0.2) is 65.0 Å². The molecule has 0 N–H and O–H groups in total. The molecule has 3 rings (SSSR count). The van der Waals surface area contributed by atoms with Crippen molar-refractivity contribution in [1.82, 2.24) is 4.57 Å². The van der Waals surface area contributed by atoms with Crippen LogP contribution in [0.4, 0.5) is 4.79 Å². The summed E-state index contributed by atoms with van der Waals surface area (Å²) in [7, 11) is 1.86. The van der Waals surface area contributed by atoms with E-state index < -0.39 is 6.09 Å². The zero-order valence-electron chi connectivity index (χ0n) is 12.3. The lowest BCUT2D eigenvalue weighted by molar-refractivity contribution is 0.210. The second-order valence-corrected chi connectivity index (χ2v) is 6.04. The van der Waals surface area contributed by atoms with Crippen molar-refractivity contribution in [3.63, 3.8) is 0 Å². The van der Waals surface area contributed by atoms with E-state index in [0.29, 0.717) is 15.6 Å². The van der Waals surface area contributed by atoms with Gasteiger partial charge in [-0.25, -0.2) is 4.79 Å². The molecule has 1 amide bonds. The molecule has 23 heavy (non-hydrogen) atoms. The number of carbonyl (C=O) groups excluding carboxylic acids is 1. The monoisotopic (exact) mass is 344 g/mol. The normalized spacial score (nSPS) is 11.5. The lowest BCUT2D eigenvalue weighted by Gasteiger charge is -2.03. The van der Waals surface area contributed by atoms with Gasteiger partial charge in [0.25, 0.3) is 0 Å². The molecular weight excluding hydrogens is 332 g/mol. The molecule has 0 aliphatic carbocycles. The van der Waals surface area contributed by atoms with Crippen LogP contribution in [-0.2, 0) is 7.05 Å². The number of aromatic nitrogens is 1. The lowest BCUT2D eigenvalue weighted by atomic mass is 10.2. The molecular formula is C17H13ClN2O2S. The minimum atomic E-state index is -0.642. The largest absolute Gasteiger partial charge is 0.441 e. The summed E-state index contributed by atoms with van der Waals surface area (Å²) in [5.74, 6) is 0.471. The molecule has 4 nitrogen and oxygen atoms in total. The number of amides is 1. The smallest absolute Gasteiger partial charge is 0.409 e. The summed E-state index contributed by atoms with van der Waals surface area (Å²) in [6.07, 6.45) is -0.642. The van der Waals surface area contributed by atoms with Gasteiger partial charge in [0.15, 0.2) is 4.80 Å². The fraction of sp³-hybridized carbons (Fsp3) is 0.0588. The first kappa shape index (κ1) is 15.5. The molecule has 0 bridgehead atoms. The number of ether oxygens (including phenoxy) is 1.